The highest BCUT2D eigenvalue weighted by Gasteiger charge is 2.43. The summed E-state index contributed by atoms with van der Waals surface area (Å²) in [7, 11) is 3.19. The van der Waals surface area contributed by atoms with Gasteiger partial charge in [0.1, 0.15) is 0 Å². The molecule has 0 radical (unpaired) electrons. The van der Waals surface area contributed by atoms with Crippen molar-refractivity contribution in [3.05, 3.63) is 100 Å². The van der Waals surface area contributed by atoms with Crippen LogP contribution in [0.2, 0.25) is 0 Å². The monoisotopic (exact) mass is 481 g/mol. The van der Waals surface area contributed by atoms with Gasteiger partial charge in [0, 0.05) is 41.3 Å². The summed E-state index contributed by atoms with van der Waals surface area (Å²) in [6.45, 7) is 4.10. The lowest BCUT2D eigenvalue weighted by molar-refractivity contribution is -0.120. The van der Waals surface area contributed by atoms with E-state index in [-0.39, 0.29) is 29.9 Å². The average molecular weight is 482 g/mol. The molecule has 3 aromatic rings. The molecule has 2 aliphatic rings. The maximum Gasteiger partial charge on any atom is 0.232 e. The van der Waals surface area contributed by atoms with E-state index < -0.39 is 0 Å². The predicted molar refractivity (Wildman–Crippen MR) is 141 cm³/mol. The van der Waals surface area contributed by atoms with E-state index in [1.807, 2.05) is 61.5 Å². The standard InChI is InChI=1S/C31H31NO4/c1-19-13-14-23(15-20(19)2)32-26-16-22(21-9-6-5-7-10-21)17-27(33)30(26)25(18-29(32)34)24-11-8-12-28(35-3)31(24)36-4/h5-15,22,25H,16-18H2,1-4H3. The van der Waals surface area contributed by atoms with Gasteiger partial charge in [-0.1, -0.05) is 48.5 Å². The highest BCUT2D eigenvalue weighted by atomic mass is 16.5. The molecule has 2 unspecified atom stereocenters. The van der Waals surface area contributed by atoms with Gasteiger partial charge in [0.15, 0.2) is 17.3 Å². The van der Waals surface area contributed by atoms with E-state index in [0.717, 1.165) is 28.1 Å². The molecule has 1 aliphatic heterocycles. The highest BCUT2D eigenvalue weighted by Crippen LogP contribution is 2.49. The molecule has 36 heavy (non-hydrogen) atoms. The Kier molecular flexibility index (Phi) is 6.40. The van der Waals surface area contributed by atoms with Gasteiger partial charge >= 0.3 is 0 Å². The van der Waals surface area contributed by atoms with Crippen molar-refractivity contribution in [3.63, 3.8) is 0 Å². The number of ether oxygens (including phenoxy) is 2. The number of amides is 1. The van der Waals surface area contributed by atoms with E-state index in [2.05, 4.69) is 19.1 Å². The Balaban J connectivity index is 1.70. The maximum absolute atomic E-state index is 13.9. The second kappa shape index (κ2) is 9.65. The molecule has 184 valence electrons. The zero-order valence-electron chi connectivity index (χ0n) is 21.2. The lowest BCUT2D eigenvalue weighted by Gasteiger charge is -2.41. The van der Waals surface area contributed by atoms with E-state index in [9.17, 15) is 9.59 Å². The number of hydrogen-bond donors (Lipinski definition) is 0. The van der Waals surface area contributed by atoms with Gasteiger partial charge in [-0.3, -0.25) is 14.5 Å². The number of ketones is 1. The summed E-state index contributed by atoms with van der Waals surface area (Å²) in [5.41, 5.74) is 6.53. The Morgan fingerprint density at radius 2 is 1.58 bits per heavy atom. The van der Waals surface area contributed by atoms with Gasteiger partial charge in [-0.2, -0.15) is 0 Å². The van der Waals surface area contributed by atoms with E-state index in [0.29, 0.717) is 29.9 Å². The third-order valence-electron chi connectivity index (χ3n) is 7.56. The molecule has 5 nitrogen and oxygen atoms in total. The minimum Gasteiger partial charge on any atom is -0.493 e. The number of nitrogens with zero attached hydrogens (tertiary/aromatic N) is 1. The topological polar surface area (TPSA) is 55.8 Å². The lowest BCUT2D eigenvalue weighted by Crippen LogP contribution is -2.42. The number of benzene rings is 3. The van der Waals surface area contributed by atoms with Crippen LogP contribution in [0.3, 0.4) is 0 Å². The molecule has 5 heteroatoms. The Morgan fingerprint density at radius 3 is 2.28 bits per heavy atom. The van der Waals surface area contributed by atoms with Crippen molar-refractivity contribution in [2.24, 2.45) is 0 Å². The molecule has 1 amide bonds. The van der Waals surface area contributed by atoms with Crippen molar-refractivity contribution in [1.29, 1.82) is 0 Å². The van der Waals surface area contributed by atoms with Crippen LogP contribution in [0.1, 0.15) is 53.4 Å². The summed E-state index contributed by atoms with van der Waals surface area (Å²) in [6, 6.07) is 21.8. The van der Waals surface area contributed by atoms with Crippen LogP contribution < -0.4 is 14.4 Å². The number of allylic oxidation sites excluding steroid dienone is 2. The molecule has 1 aliphatic carbocycles. The summed E-state index contributed by atoms with van der Waals surface area (Å²) in [5, 5.41) is 0. The van der Waals surface area contributed by atoms with Gasteiger partial charge in [-0.15, -0.1) is 0 Å². The highest BCUT2D eigenvalue weighted by molar-refractivity contribution is 6.08. The zero-order valence-corrected chi connectivity index (χ0v) is 21.2. The number of carbonyl (C=O) groups excluding carboxylic acids is 2. The fourth-order valence-corrected chi connectivity index (χ4v) is 5.61. The van der Waals surface area contributed by atoms with Crippen molar-refractivity contribution < 1.29 is 19.1 Å². The summed E-state index contributed by atoms with van der Waals surface area (Å²) >= 11 is 0. The minimum absolute atomic E-state index is 0.0188. The molecular formula is C31H31NO4. The van der Waals surface area contributed by atoms with Crippen molar-refractivity contribution in [3.8, 4) is 11.5 Å². The molecule has 0 fully saturated rings. The average Bonchev–Trinajstić information content (AvgIpc) is 2.89. The summed E-state index contributed by atoms with van der Waals surface area (Å²) in [4.78, 5) is 29.5. The number of para-hydroxylation sites is 1. The summed E-state index contributed by atoms with van der Waals surface area (Å²) < 4.78 is 11.2. The summed E-state index contributed by atoms with van der Waals surface area (Å²) in [5.74, 6) is 0.860. The van der Waals surface area contributed by atoms with Gasteiger partial charge < -0.3 is 9.47 Å². The molecule has 1 heterocycles. The first-order valence-corrected chi connectivity index (χ1v) is 12.3. The first kappa shape index (κ1) is 23.9. The largest absolute Gasteiger partial charge is 0.493 e. The fraction of sp³-hybridized carbons (Fsp3) is 0.290. The van der Waals surface area contributed by atoms with Crippen LogP contribution in [0.25, 0.3) is 0 Å². The third-order valence-corrected chi connectivity index (χ3v) is 7.56. The van der Waals surface area contributed by atoms with Crippen molar-refractivity contribution >= 4 is 17.4 Å². The van der Waals surface area contributed by atoms with Crippen LogP contribution in [0, 0.1) is 13.8 Å². The first-order chi connectivity index (χ1) is 17.4. The number of Topliss-reactive ketones (excluding diaryl/α,β-unsaturated/α-hetero) is 1. The normalized spacial score (nSPS) is 19.8. The molecule has 0 saturated carbocycles. The van der Waals surface area contributed by atoms with E-state index in [1.165, 1.54) is 5.56 Å². The van der Waals surface area contributed by atoms with Crippen LogP contribution in [0.5, 0.6) is 11.5 Å². The third kappa shape index (κ3) is 4.09. The number of anilines is 1. The van der Waals surface area contributed by atoms with Crippen LogP contribution in [-0.2, 0) is 9.59 Å². The molecule has 0 N–H and O–H groups in total. The molecule has 0 aromatic heterocycles. The lowest BCUT2D eigenvalue weighted by atomic mass is 9.72. The van der Waals surface area contributed by atoms with Crippen LogP contribution in [-0.4, -0.2) is 25.9 Å². The van der Waals surface area contributed by atoms with Gasteiger partial charge in [0.2, 0.25) is 5.91 Å². The van der Waals surface area contributed by atoms with Crippen molar-refractivity contribution in [2.45, 2.75) is 44.9 Å². The molecule has 3 aromatic carbocycles. The molecule has 5 rings (SSSR count). The quantitative estimate of drug-likeness (QED) is 0.433. The number of hydrogen-bond acceptors (Lipinski definition) is 4. The van der Waals surface area contributed by atoms with E-state index in [4.69, 9.17) is 9.47 Å². The predicted octanol–water partition coefficient (Wildman–Crippen LogP) is 6.24. The Bertz CT molecular complexity index is 1360. The fourth-order valence-electron chi connectivity index (χ4n) is 5.61. The molecule has 0 spiro atoms. The molecular weight excluding hydrogens is 450 g/mol. The smallest absolute Gasteiger partial charge is 0.232 e. The van der Waals surface area contributed by atoms with Crippen LogP contribution in [0.15, 0.2) is 78.0 Å². The van der Waals surface area contributed by atoms with Gasteiger partial charge in [0.05, 0.1) is 14.2 Å². The second-order valence-corrected chi connectivity index (χ2v) is 9.64. The van der Waals surface area contributed by atoms with Crippen LogP contribution >= 0.6 is 0 Å². The Hall–Kier alpha value is -3.86. The molecule has 0 bridgehead atoms. The Labute approximate surface area is 212 Å². The van der Waals surface area contributed by atoms with Crippen molar-refractivity contribution in [2.75, 3.05) is 19.1 Å². The first-order valence-electron chi connectivity index (χ1n) is 12.3. The SMILES string of the molecule is COc1cccc(C2CC(=O)N(c3ccc(C)c(C)c3)C3=C2C(=O)CC(c2ccccc2)C3)c1OC. The number of aryl methyl sites for hydroxylation is 2. The number of rotatable bonds is 5. The van der Waals surface area contributed by atoms with Crippen LogP contribution in [0.4, 0.5) is 5.69 Å². The van der Waals surface area contributed by atoms with Gasteiger partial charge in [-0.25, -0.2) is 0 Å². The number of carbonyl (C=O) groups is 2. The maximum atomic E-state index is 13.9. The zero-order chi connectivity index (χ0) is 25.4. The van der Waals surface area contributed by atoms with E-state index >= 15 is 0 Å². The summed E-state index contributed by atoms with van der Waals surface area (Å²) in [6.07, 6.45) is 1.23. The minimum atomic E-state index is -0.385. The second-order valence-electron chi connectivity index (χ2n) is 9.64. The molecule has 0 saturated heterocycles. The Morgan fingerprint density at radius 1 is 0.806 bits per heavy atom. The van der Waals surface area contributed by atoms with Gasteiger partial charge in [-0.05, 0) is 61.1 Å². The molecule has 2 atom stereocenters. The number of methoxy groups -OCH3 is 2. The van der Waals surface area contributed by atoms with Crippen molar-refractivity contribution in [1.82, 2.24) is 0 Å². The van der Waals surface area contributed by atoms with Gasteiger partial charge in [0.25, 0.3) is 0 Å². The van der Waals surface area contributed by atoms with E-state index in [1.54, 1.807) is 19.1 Å².